The first-order valence-corrected chi connectivity index (χ1v) is 7.12. The van der Waals surface area contributed by atoms with Crippen LogP contribution >= 0.6 is 11.8 Å². The van der Waals surface area contributed by atoms with E-state index >= 15 is 0 Å². The molecule has 3 nitrogen and oxygen atoms in total. The van der Waals surface area contributed by atoms with Crippen molar-refractivity contribution >= 4 is 17.7 Å². The average molecular weight is 284 g/mol. The molecule has 106 valence electrons. The normalized spacial score (nSPS) is 24.2. The largest absolute Gasteiger partial charge is 0.441 e. The summed E-state index contributed by atoms with van der Waals surface area (Å²) in [5.74, 6) is -0.304. The molecule has 0 aromatic heterocycles. The summed E-state index contributed by atoms with van der Waals surface area (Å²) in [7, 11) is 0. The monoisotopic (exact) mass is 284 g/mol. The lowest BCUT2D eigenvalue weighted by Gasteiger charge is -2.27. The van der Waals surface area contributed by atoms with E-state index in [4.69, 9.17) is 0 Å². The summed E-state index contributed by atoms with van der Waals surface area (Å²) >= 11 is -0.105. The van der Waals surface area contributed by atoms with Gasteiger partial charge in [-0.3, -0.25) is 4.79 Å². The van der Waals surface area contributed by atoms with Gasteiger partial charge in [-0.1, -0.05) is 13.3 Å². The topological polar surface area (TPSA) is 41.1 Å². The molecule has 0 aromatic carbocycles. The highest BCUT2D eigenvalue weighted by Crippen LogP contribution is 2.29. The van der Waals surface area contributed by atoms with Crippen molar-refractivity contribution in [1.29, 1.82) is 0 Å². The van der Waals surface area contributed by atoms with Crippen LogP contribution in [0.1, 0.15) is 32.6 Å². The predicted octanol–water partition coefficient (Wildman–Crippen LogP) is 2.28. The third-order valence-corrected chi connectivity index (χ3v) is 3.74. The molecule has 1 heterocycles. The summed E-state index contributed by atoms with van der Waals surface area (Å²) in [6.07, 6.45) is 3.30. The van der Waals surface area contributed by atoms with Gasteiger partial charge < -0.3 is 10.6 Å². The molecule has 1 rings (SSSR count). The number of thioether (sulfide) groups is 1. The fourth-order valence-electron chi connectivity index (χ4n) is 2.25. The van der Waals surface area contributed by atoms with E-state index in [1.807, 2.05) is 6.92 Å². The summed E-state index contributed by atoms with van der Waals surface area (Å²) < 4.78 is 35.7. The van der Waals surface area contributed by atoms with E-state index < -0.39 is 11.0 Å². The van der Waals surface area contributed by atoms with Crippen LogP contribution in [0, 0.1) is 0 Å². The Kier molecular flexibility index (Phi) is 5.78. The Morgan fingerprint density at radius 3 is 2.72 bits per heavy atom. The number of carbonyl (C=O) groups excluding carboxylic acids is 1. The van der Waals surface area contributed by atoms with Gasteiger partial charge in [0.05, 0.1) is 5.54 Å². The second kappa shape index (κ2) is 6.65. The second-order valence-corrected chi connectivity index (χ2v) is 5.57. The molecule has 18 heavy (non-hydrogen) atoms. The van der Waals surface area contributed by atoms with Crippen molar-refractivity contribution < 1.29 is 18.0 Å². The Hall–Kier alpha value is -0.430. The van der Waals surface area contributed by atoms with Gasteiger partial charge in [0.2, 0.25) is 5.91 Å². The zero-order valence-electron chi connectivity index (χ0n) is 10.4. The van der Waals surface area contributed by atoms with Crippen LogP contribution in [-0.4, -0.2) is 35.8 Å². The molecule has 1 aliphatic rings. The predicted molar refractivity (Wildman–Crippen MR) is 66.4 cm³/mol. The third-order valence-electron chi connectivity index (χ3n) is 3.01. The van der Waals surface area contributed by atoms with Gasteiger partial charge in [-0.15, -0.1) is 0 Å². The van der Waals surface area contributed by atoms with E-state index in [2.05, 4.69) is 10.6 Å². The maximum absolute atomic E-state index is 12.0. The van der Waals surface area contributed by atoms with Crippen molar-refractivity contribution in [2.75, 3.05) is 18.8 Å². The van der Waals surface area contributed by atoms with E-state index in [0.717, 1.165) is 32.2 Å². The van der Waals surface area contributed by atoms with Gasteiger partial charge in [0.1, 0.15) is 0 Å². The maximum Gasteiger partial charge on any atom is 0.441 e. The summed E-state index contributed by atoms with van der Waals surface area (Å²) in [5, 5.41) is 5.79. The smallest absolute Gasteiger partial charge is 0.354 e. The first-order chi connectivity index (χ1) is 8.40. The number of alkyl halides is 3. The molecule has 1 amide bonds. The Morgan fingerprint density at radius 2 is 2.22 bits per heavy atom. The summed E-state index contributed by atoms with van der Waals surface area (Å²) in [6.45, 7) is 2.84. The standard InChI is InChI=1S/C11H19F3N2OS/c1-2-4-10(5-3-6-16-10)9(17)15-7-8-18-11(12,13)14/h16H,2-8H2,1H3,(H,15,17). The van der Waals surface area contributed by atoms with E-state index in [1.54, 1.807) is 0 Å². The minimum Gasteiger partial charge on any atom is -0.354 e. The van der Waals surface area contributed by atoms with E-state index in [-0.39, 0.29) is 30.0 Å². The molecule has 1 fully saturated rings. The fraction of sp³-hybridized carbons (Fsp3) is 0.909. The van der Waals surface area contributed by atoms with Crippen LogP contribution in [-0.2, 0) is 4.79 Å². The van der Waals surface area contributed by atoms with E-state index in [0.29, 0.717) is 0 Å². The highest BCUT2D eigenvalue weighted by atomic mass is 32.2. The number of hydrogen-bond donors (Lipinski definition) is 2. The molecule has 0 radical (unpaired) electrons. The summed E-state index contributed by atoms with van der Waals surface area (Å²) in [4.78, 5) is 12.0. The number of hydrogen-bond acceptors (Lipinski definition) is 3. The van der Waals surface area contributed by atoms with Gasteiger partial charge in [0.25, 0.3) is 0 Å². The zero-order valence-corrected chi connectivity index (χ0v) is 11.2. The molecule has 1 saturated heterocycles. The van der Waals surface area contributed by atoms with Crippen molar-refractivity contribution in [3.63, 3.8) is 0 Å². The lowest BCUT2D eigenvalue weighted by molar-refractivity contribution is -0.127. The van der Waals surface area contributed by atoms with Crippen LogP contribution in [0.5, 0.6) is 0 Å². The molecule has 0 aliphatic carbocycles. The van der Waals surface area contributed by atoms with Crippen molar-refractivity contribution in [3.05, 3.63) is 0 Å². The number of nitrogens with one attached hydrogen (secondary N) is 2. The fourth-order valence-corrected chi connectivity index (χ4v) is 2.69. The lowest BCUT2D eigenvalue weighted by Crippen LogP contribution is -2.53. The first-order valence-electron chi connectivity index (χ1n) is 6.14. The van der Waals surface area contributed by atoms with Crippen molar-refractivity contribution in [1.82, 2.24) is 10.6 Å². The van der Waals surface area contributed by atoms with Gasteiger partial charge in [0.15, 0.2) is 0 Å². The van der Waals surface area contributed by atoms with Gasteiger partial charge in [-0.2, -0.15) is 13.2 Å². The SMILES string of the molecule is CCCC1(C(=O)NCCSC(F)(F)F)CCCN1. The number of rotatable bonds is 6. The summed E-state index contributed by atoms with van der Waals surface area (Å²) in [5.41, 5.74) is -4.78. The number of carbonyl (C=O) groups is 1. The van der Waals surface area contributed by atoms with Crippen molar-refractivity contribution in [2.24, 2.45) is 0 Å². The molecular weight excluding hydrogens is 265 g/mol. The van der Waals surface area contributed by atoms with E-state index in [1.165, 1.54) is 0 Å². The molecule has 0 saturated carbocycles. The molecular formula is C11H19F3N2OS. The van der Waals surface area contributed by atoms with Crippen molar-refractivity contribution in [3.8, 4) is 0 Å². The molecule has 2 N–H and O–H groups in total. The van der Waals surface area contributed by atoms with Crippen LogP contribution in [0.25, 0.3) is 0 Å². The molecule has 0 aromatic rings. The first kappa shape index (κ1) is 15.6. The molecule has 7 heteroatoms. The summed E-state index contributed by atoms with van der Waals surface area (Å²) in [6, 6.07) is 0. The van der Waals surface area contributed by atoms with Gasteiger partial charge in [0, 0.05) is 12.3 Å². The Morgan fingerprint density at radius 1 is 1.50 bits per heavy atom. The minimum atomic E-state index is -4.22. The molecule has 1 unspecified atom stereocenters. The minimum absolute atomic E-state index is 0.0517. The Bertz CT molecular complexity index is 278. The molecule has 0 bridgehead atoms. The quantitative estimate of drug-likeness (QED) is 0.735. The third kappa shape index (κ3) is 4.68. The molecule has 1 atom stereocenters. The van der Waals surface area contributed by atoms with E-state index in [9.17, 15) is 18.0 Å². The number of halogens is 3. The van der Waals surface area contributed by atoms with Gasteiger partial charge in [-0.05, 0) is 37.6 Å². The van der Waals surface area contributed by atoms with Crippen LogP contribution < -0.4 is 10.6 Å². The highest BCUT2D eigenvalue weighted by Gasteiger charge is 2.39. The zero-order chi connectivity index (χ0) is 13.6. The maximum atomic E-state index is 12.0. The van der Waals surface area contributed by atoms with Crippen LogP contribution in [0.3, 0.4) is 0 Å². The van der Waals surface area contributed by atoms with Gasteiger partial charge in [-0.25, -0.2) is 0 Å². The second-order valence-electron chi connectivity index (χ2n) is 4.41. The Labute approximate surface area is 109 Å². The van der Waals surface area contributed by atoms with Crippen LogP contribution in [0.15, 0.2) is 0 Å². The van der Waals surface area contributed by atoms with Crippen molar-refractivity contribution in [2.45, 2.75) is 43.7 Å². The van der Waals surface area contributed by atoms with Crippen LogP contribution in [0.4, 0.5) is 13.2 Å². The molecule has 0 spiro atoms. The average Bonchev–Trinajstić information content (AvgIpc) is 2.73. The lowest BCUT2D eigenvalue weighted by atomic mass is 9.91. The molecule has 1 aliphatic heterocycles. The van der Waals surface area contributed by atoms with Gasteiger partial charge >= 0.3 is 5.51 Å². The Balaban J connectivity index is 2.34. The van der Waals surface area contributed by atoms with Crippen LogP contribution in [0.2, 0.25) is 0 Å². The number of amides is 1. The highest BCUT2D eigenvalue weighted by molar-refractivity contribution is 8.00.